The van der Waals surface area contributed by atoms with Gasteiger partial charge in [0, 0.05) is 17.9 Å². The number of benzene rings is 2. The van der Waals surface area contributed by atoms with Gasteiger partial charge in [-0.1, -0.05) is 39.7 Å². The molecule has 4 nitrogen and oxygen atoms in total. The highest BCUT2D eigenvalue weighted by Gasteiger charge is 2.27. The molecule has 1 aliphatic heterocycles. The second-order valence-electron chi connectivity index (χ2n) is 5.32. The highest BCUT2D eigenvalue weighted by atomic mass is 79.9. The Morgan fingerprint density at radius 3 is 2.70 bits per heavy atom. The predicted molar refractivity (Wildman–Crippen MR) is 95.3 cm³/mol. The number of halogens is 2. The second-order valence-corrected chi connectivity index (χ2v) is 6.64. The molecule has 2 aromatic carbocycles. The molecule has 0 fully saturated rings. The van der Waals surface area contributed by atoms with Gasteiger partial charge >= 0.3 is 0 Å². The molecule has 0 saturated heterocycles. The Morgan fingerprint density at radius 2 is 2.00 bits per heavy atom. The van der Waals surface area contributed by atoms with Gasteiger partial charge < -0.3 is 10.2 Å². The molecule has 0 saturated carbocycles. The van der Waals surface area contributed by atoms with Gasteiger partial charge in [-0.2, -0.15) is 0 Å². The van der Waals surface area contributed by atoms with Crippen LogP contribution in [0.2, 0.25) is 5.02 Å². The molecule has 0 atom stereocenters. The summed E-state index contributed by atoms with van der Waals surface area (Å²) in [6, 6.07) is 10.6. The van der Waals surface area contributed by atoms with Gasteiger partial charge in [-0.25, -0.2) is 0 Å². The SMILES string of the molecule is CC(=O)N1CCc2cc(Br)cc(NC(=O)c3ccccc3Cl)c21. The molecule has 0 aliphatic carbocycles. The van der Waals surface area contributed by atoms with Crippen LogP contribution in [0.5, 0.6) is 0 Å². The molecule has 2 amide bonds. The molecule has 2 aromatic rings. The van der Waals surface area contributed by atoms with Gasteiger partial charge in [-0.3, -0.25) is 9.59 Å². The summed E-state index contributed by atoms with van der Waals surface area (Å²) in [5.74, 6) is -0.342. The largest absolute Gasteiger partial charge is 0.320 e. The average Bonchev–Trinajstić information content (AvgIpc) is 2.91. The number of hydrogen-bond donors (Lipinski definition) is 1. The van der Waals surface area contributed by atoms with E-state index >= 15 is 0 Å². The summed E-state index contributed by atoms with van der Waals surface area (Å²) in [4.78, 5) is 26.0. The van der Waals surface area contributed by atoms with Crippen molar-refractivity contribution in [2.24, 2.45) is 0 Å². The van der Waals surface area contributed by atoms with Crippen molar-refractivity contribution >= 4 is 50.7 Å². The fourth-order valence-corrected chi connectivity index (χ4v) is 3.48. The van der Waals surface area contributed by atoms with Gasteiger partial charge in [0.1, 0.15) is 0 Å². The van der Waals surface area contributed by atoms with E-state index in [-0.39, 0.29) is 11.8 Å². The topological polar surface area (TPSA) is 49.4 Å². The third kappa shape index (κ3) is 3.12. The van der Waals surface area contributed by atoms with Crippen LogP contribution in [0.25, 0.3) is 0 Å². The fourth-order valence-electron chi connectivity index (χ4n) is 2.75. The number of anilines is 2. The Bertz CT molecular complexity index is 807. The molecule has 1 aliphatic rings. The zero-order chi connectivity index (χ0) is 16.6. The first-order valence-electron chi connectivity index (χ1n) is 7.14. The summed E-state index contributed by atoms with van der Waals surface area (Å²) in [5, 5.41) is 3.27. The van der Waals surface area contributed by atoms with Crippen molar-refractivity contribution in [3.05, 3.63) is 57.0 Å². The monoisotopic (exact) mass is 392 g/mol. The highest BCUT2D eigenvalue weighted by molar-refractivity contribution is 9.10. The third-order valence-electron chi connectivity index (χ3n) is 3.78. The number of amides is 2. The smallest absolute Gasteiger partial charge is 0.257 e. The van der Waals surface area contributed by atoms with Crippen LogP contribution < -0.4 is 10.2 Å². The van der Waals surface area contributed by atoms with Gasteiger partial charge in [-0.15, -0.1) is 0 Å². The van der Waals surface area contributed by atoms with Crippen LogP contribution in [0, 0.1) is 0 Å². The van der Waals surface area contributed by atoms with Gasteiger partial charge in [0.05, 0.1) is 22.0 Å². The van der Waals surface area contributed by atoms with Crippen LogP contribution in [0.15, 0.2) is 40.9 Å². The van der Waals surface area contributed by atoms with E-state index in [0.29, 0.717) is 22.8 Å². The van der Waals surface area contributed by atoms with Crippen molar-refractivity contribution in [1.29, 1.82) is 0 Å². The lowest BCUT2D eigenvalue weighted by atomic mass is 10.1. The van der Waals surface area contributed by atoms with Crippen LogP contribution in [-0.2, 0) is 11.2 Å². The number of carbonyl (C=O) groups excluding carboxylic acids is 2. The maximum Gasteiger partial charge on any atom is 0.257 e. The predicted octanol–water partition coefficient (Wildman–Crippen LogP) is 4.26. The third-order valence-corrected chi connectivity index (χ3v) is 4.56. The molecule has 1 N–H and O–H groups in total. The van der Waals surface area contributed by atoms with Crippen molar-refractivity contribution in [3.63, 3.8) is 0 Å². The molecule has 0 aromatic heterocycles. The first-order valence-corrected chi connectivity index (χ1v) is 8.31. The summed E-state index contributed by atoms with van der Waals surface area (Å²) in [6.07, 6.45) is 0.767. The molecule has 0 spiro atoms. The van der Waals surface area contributed by atoms with Crippen molar-refractivity contribution < 1.29 is 9.59 Å². The Kier molecular flexibility index (Phi) is 4.41. The standard InChI is InChI=1S/C17H14BrClN2O2/c1-10(22)21-7-6-11-8-12(18)9-15(16(11)21)20-17(23)13-4-2-3-5-14(13)19/h2-5,8-9H,6-7H2,1H3,(H,20,23). The van der Waals surface area contributed by atoms with Gasteiger partial charge in [-0.05, 0) is 36.2 Å². The highest BCUT2D eigenvalue weighted by Crippen LogP contribution is 2.38. The molecule has 0 bridgehead atoms. The maximum atomic E-state index is 12.5. The summed E-state index contributed by atoms with van der Waals surface area (Å²) in [5.41, 5.74) is 2.80. The minimum atomic E-state index is -0.300. The number of hydrogen-bond acceptors (Lipinski definition) is 2. The van der Waals surface area contributed by atoms with E-state index in [1.165, 1.54) is 6.92 Å². The van der Waals surface area contributed by atoms with E-state index in [0.717, 1.165) is 22.1 Å². The van der Waals surface area contributed by atoms with Gasteiger partial charge in [0.2, 0.25) is 5.91 Å². The molecule has 0 radical (unpaired) electrons. The Balaban J connectivity index is 1.99. The van der Waals surface area contributed by atoms with Gasteiger partial charge in [0.25, 0.3) is 5.91 Å². The lowest BCUT2D eigenvalue weighted by Gasteiger charge is -2.19. The number of rotatable bonds is 2. The molecular weight excluding hydrogens is 380 g/mol. The van der Waals surface area contributed by atoms with Crippen molar-refractivity contribution in [1.82, 2.24) is 0 Å². The van der Waals surface area contributed by atoms with Crippen molar-refractivity contribution in [2.75, 3.05) is 16.8 Å². The fraction of sp³-hybridized carbons (Fsp3) is 0.176. The van der Waals surface area contributed by atoms with Crippen LogP contribution in [0.3, 0.4) is 0 Å². The number of fused-ring (bicyclic) bond motifs is 1. The zero-order valence-corrected chi connectivity index (χ0v) is 14.7. The van der Waals surface area contributed by atoms with E-state index in [1.807, 2.05) is 6.07 Å². The molecule has 6 heteroatoms. The summed E-state index contributed by atoms with van der Waals surface area (Å²) >= 11 is 9.53. The summed E-state index contributed by atoms with van der Waals surface area (Å²) < 4.78 is 0.858. The Hall–Kier alpha value is -1.85. The molecule has 23 heavy (non-hydrogen) atoms. The van der Waals surface area contributed by atoms with E-state index < -0.39 is 0 Å². The summed E-state index contributed by atoms with van der Waals surface area (Å²) in [6.45, 7) is 2.15. The van der Waals surface area contributed by atoms with Crippen LogP contribution >= 0.6 is 27.5 Å². The van der Waals surface area contributed by atoms with Crippen molar-refractivity contribution in [3.8, 4) is 0 Å². The van der Waals surface area contributed by atoms with Crippen LogP contribution in [0.1, 0.15) is 22.8 Å². The minimum absolute atomic E-state index is 0.0423. The minimum Gasteiger partial charge on any atom is -0.320 e. The summed E-state index contributed by atoms with van der Waals surface area (Å²) in [7, 11) is 0. The quantitative estimate of drug-likeness (QED) is 0.828. The molecule has 3 rings (SSSR count). The first-order chi connectivity index (χ1) is 11.0. The normalized spacial score (nSPS) is 12.9. The average molecular weight is 394 g/mol. The first kappa shape index (κ1) is 16.0. The Labute approximate surface area is 147 Å². The molecular formula is C17H14BrClN2O2. The number of nitrogens with zero attached hydrogens (tertiary/aromatic N) is 1. The molecule has 1 heterocycles. The van der Waals surface area contributed by atoms with E-state index in [4.69, 9.17) is 11.6 Å². The number of nitrogens with one attached hydrogen (secondary N) is 1. The van der Waals surface area contributed by atoms with E-state index in [2.05, 4.69) is 21.2 Å². The maximum absolute atomic E-state index is 12.5. The zero-order valence-electron chi connectivity index (χ0n) is 12.4. The van der Waals surface area contributed by atoms with E-state index in [1.54, 1.807) is 35.2 Å². The van der Waals surface area contributed by atoms with Gasteiger partial charge in [0.15, 0.2) is 0 Å². The van der Waals surface area contributed by atoms with Crippen LogP contribution in [-0.4, -0.2) is 18.4 Å². The van der Waals surface area contributed by atoms with E-state index in [9.17, 15) is 9.59 Å². The Morgan fingerprint density at radius 1 is 1.26 bits per heavy atom. The lowest BCUT2D eigenvalue weighted by molar-refractivity contribution is -0.116. The second kappa shape index (κ2) is 6.34. The molecule has 118 valence electrons. The number of carbonyl (C=O) groups is 2. The van der Waals surface area contributed by atoms with Crippen molar-refractivity contribution in [2.45, 2.75) is 13.3 Å². The van der Waals surface area contributed by atoms with Crippen LogP contribution in [0.4, 0.5) is 11.4 Å². The molecule has 0 unspecified atom stereocenters. The lowest BCUT2D eigenvalue weighted by Crippen LogP contribution is -2.27.